The summed E-state index contributed by atoms with van der Waals surface area (Å²) in [7, 11) is 0. The van der Waals surface area contributed by atoms with Crippen molar-refractivity contribution in [2.75, 3.05) is 0 Å². The fraction of sp³-hybridized carbons (Fsp3) is 0.471. The molecule has 0 spiro atoms. The van der Waals surface area contributed by atoms with Gasteiger partial charge in [-0.3, -0.25) is 9.78 Å². The number of nitrogens with zero attached hydrogens (tertiary/aromatic N) is 4. The molecule has 2 atom stereocenters. The van der Waals surface area contributed by atoms with Crippen LogP contribution >= 0.6 is 0 Å². The van der Waals surface area contributed by atoms with Crippen molar-refractivity contribution in [1.29, 1.82) is 0 Å². The minimum atomic E-state index is 0.254. The molecule has 0 radical (unpaired) electrons. The quantitative estimate of drug-likeness (QED) is 0.872. The van der Waals surface area contributed by atoms with E-state index in [1.165, 1.54) is 0 Å². The number of piperidine rings is 1. The van der Waals surface area contributed by atoms with E-state index in [2.05, 4.69) is 19.4 Å². The number of carbonyl (C=O) groups excluding carboxylic acids is 1. The molecule has 2 fully saturated rings. The van der Waals surface area contributed by atoms with Crippen LogP contribution in [-0.4, -0.2) is 37.4 Å². The van der Waals surface area contributed by atoms with E-state index in [0.717, 1.165) is 31.2 Å². The summed E-state index contributed by atoms with van der Waals surface area (Å²) in [5.74, 6) is 0.254. The van der Waals surface area contributed by atoms with Crippen LogP contribution in [0.3, 0.4) is 0 Å². The number of imidazole rings is 1. The first kappa shape index (κ1) is 13.5. The average Bonchev–Trinajstić information content (AvgIpc) is 3.15. The molecule has 0 N–H and O–H groups in total. The summed E-state index contributed by atoms with van der Waals surface area (Å²) in [6.07, 6.45) is 14.1. The van der Waals surface area contributed by atoms with Gasteiger partial charge in [-0.15, -0.1) is 0 Å². The van der Waals surface area contributed by atoms with Crippen molar-refractivity contribution in [3.8, 4) is 0 Å². The minimum Gasteiger partial charge on any atom is -0.336 e. The highest BCUT2D eigenvalue weighted by Gasteiger charge is 2.43. The molecule has 2 unspecified atom stereocenters. The lowest BCUT2D eigenvalue weighted by atomic mass is 9.96. The van der Waals surface area contributed by atoms with Crippen molar-refractivity contribution in [2.24, 2.45) is 0 Å². The molecule has 1 amide bonds. The second-order valence-corrected chi connectivity index (χ2v) is 6.36. The Bertz CT molecular complexity index is 626. The third kappa shape index (κ3) is 2.40. The third-order valence-electron chi connectivity index (χ3n) is 5.02. The third-order valence-corrected chi connectivity index (χ3v) is 5.02. The second-order valence-electron chi connectivity index (χ2n) is 6.36. The molecule has 22 heavy (non-hydrogen) atoms. The fourth-order valence-electron chi connectivity index (χ4n) is 4.05. The predicted molar refractivity (Wildman–Crippen MR) is 82.1 cm³/mol. The van der Waals surface area contributed by atoms with Crippen molar-refractivity contribution >= 4 is 5.91 Å². The molecule has 2 aliphatic heterocycles. The summed E-state index contributed by atoms with van der Waals surface area (Å²) in [6, 6.07) is 5.13. The van der Waals surface area contributed by atoms with Crippen LogP contribution in [0.2, 0.25) is 0 Å². The molecule has 2 aromatic heterocycles. The van der Waals surface area contributed by atoms with Gasteiger partial charge in [-0.2, -0.15) is 0 Å². The number of rotatable bonds is 3. The largest absolute Gasteiger partial charge is 0.336 e. The molecule has 0 saturated carbocycles. The van der Waals surface area contributed by atoms with E-state index in [-0.39, 0.29) is 5.91 Å². The van der Waals surface area contributed by atoms with Gasteiger partial charge in [-0.25, -0.2) is 4.98 Å². The van der Waals surface area contributed by atoms with Gasteiger partial charge < -0.3 is 9.47 Å². The Morgan fingerprint density at radius 1 is 1.14 bits per heavy atom. The van der Waals surface area contributed by atoms with E-state index in [0.29, 0.717) is 24.5 Å². The van der Waals surface area contributed by atoms with E-state index >= 15 is 0 Å². The summed E-state index contributed by atoms with van der Waals surface area (Å²) in [4.78, 5) is 23.1. The highest BCUT2D eigenvalue weighted by Crippen LogP contribution is 2.40. The van der Waals surface area contributed by atoms with Gasteiger partial charge >= 0.3 is 0 Å². The fourth-order valence-corrected chi connectivity index (χ4v) is 4.05. The molecule has 5 nitrogen and oxygen atoms in total. The Hall–Kier alpha value is -2.17. The highest BCUT2D eigenvalue weighted by atomic mass is 16.2. The van der Waals surface area contributed by atoms with Gasteiger partial charge in [0.25, 0.3) is 0 Å². The standard InChI is InChI=1S/C17H20N4O/c22-17(8-13-2-1-5-18-11-13)21-14-3-4-15(21)10-16(9-14)20-7-6-19-12-20/h1-2,5-7,11-12,14-16H,3-4,8-10H2. The number of hydrogen-bond acceptors (Lipinski definition) is 3. The molecule has 114 valence electrons. The Labute approximate surface area is 130 Å². The van der Waals surface area contributed by atoms with Crippen LogP contribution < -0.4 is 0 Å². The molecule has 4 heterocycles. The zero-order valence-corrected chi connectivity index (χ0v) is 12.5. The summed E-state index contributed by atoms with van der Waals surface area (Å²) < 4.78 is 2.20. The Morgan fingerprint density at radius 3 is 2.59 bits per heavy atom. The summed E-state index contributed by atoms with van der Waals surface area (Å²) >= 11 is 0. The van der Waals surface area contributed by atoms with Crippen molar-refractivity contribution in [3.63, 3.8) is 0 Å². The number of carbonyl (C=O) groups is 1. The number of pyridine rings is 1. The Kier molecular flexibility index (Phi) is 3.41. The van der Waals surface area contributed by atoms with E-state index in [1.54, 1.807) is 12.4 Å². The van der Waals surface area contributed by atoms with Crippen LogP contribution in [-0.2, 0) is 11.2 Å². The summed E-state index contributed by atoms with van der Waals surface area (Å²) in [5, 5.41) is 0. The summed E-state index contributed by atoms with van der Waals surface area (Å²) in [6.45, 7) is 0. The first-order valence-electron chi connectivity index (χ1n) is 7.99. The number of fused-ring (bicyclic) bond motifs is 2. The zero-order chi connectivity index (χ0) is 14.9. The molecule has 2 bridgehead atoms. The van der Waals surface area contributed by atoms with Crippen LogP contribution in [0.25, 0.3) is 0 Å². The van der Waals surface area contributed by atoms with Crippen molar-refractivity contribution in [3.05, 3.63) is 48.8 Å². The maximum absolute atomic E-state index is 12.7. The SMILES string of the molecule is O=C(Cc1cccnc1)N1C2CCC1CC(n1ccnc1)C2. The van der Waals surface area contributed by atoms with Crippen molar-refractivity contribution in [1.82, 2.24) is 19.4 Å². The van der Waals surface area contributed by atoms with Crippen LogP contribution in [0.5, 0.6) is 0 Å². The molecular weight excluding hydrogens is 276 g/mol. The minimum absolute atomic E-state index is 0.254. The van der Waals surface area contributed by atoms with Crippen molar-refractivity contribution in [2.45, 2.75) is 50.2 Å². The van der Waals surface area contributed by atoms with Crippen LogP contribution in [0.4, 0.5) is 0 Å². The first-order valence-corrected chi connectivity index (χ1v) is 7.99. The molecule has 2 saturated heterocycles. The molecule has 4 rings (SSSR count). The maximum atomic E-state index is 12.7. The van der Waals surface area contributed by atoms with E-state index in [4.69, 9.17) is 0 Å². The van der Waals surface area contributed by atoms with Crippen LogP contribution in [0.1, 0.15) is 37.3 Å². The molecule has 2 aromatic rings. The van der Waals surface area contributed by atoms with Crippen molar-refractivity contribution < 1.29 is 4.79 Å². The predicted octanol–water partition coefficient (Wildman–Crippen LogP) is 2.22. The zero-order valence-electron chi connectivity index (χ0n) is 12.5. The number of hydrogen-bond donors (Lipinski definition) is 0. The molecule has 5 heteroatoms. The number of aromatic nitrogens is 3. The smallest absolute Gasteiger partial charge is 0.227 e. The Balaban J connectivity index is 1.47. The molecule has 2 aliphatic rings. The van der Waals surface area contributed by atoms with Gasteiger partial charge in [0, 0.05) is 42.9 Å². The van der Waals surface area contributed by atoms with Gasteiger partial charge in [0.05, 0.1) is 12.7 Å². The van der Waals surface area contributed by atoms with Gasteiger partial charge in [0.1, 0.15) is 0 Å². The molecular formula is C17H20N4O. The van der Waals surface area contributed by atoms with Gasteiger partial charge in [-0.1, -0.05) is 6.07 Å². The molecule has 0 aliphatic carbocycles. The topological polar surface area (TPSA) is 51.0 Å². The van der Waals surface area contributed by atoms with Gasteiger partial charge in [-0.05, 0) is 37.3 Å². The van der Waals surface area contributed by atoms with E-state index < -0.39 is 0 Å². The van der Waals surface area contributed by atoms with Crippen LogP contribution in [0.15, 0.2) is 43.2 Å². The van der Waals surface area contributed by atoms with Gasteiger partial charge in [0.15, 0.2) is 0 Å². The normalized spacial score (nSPS) is 27.1. The average molecular weight is 296 g/mol. The van der Waals surface area contributed by atoms with E-state index in [9.17, 15) is 4.79 Å². The highest BCUT2D eigenvalue weighted by molar-refractivity contribution is 5.79. The van der Waals surface area contributed by atoms with Gasteiger partial charge in [0.2, 0.25) is 5.91 Å². The van der Waals surface area contributed by atoms with E-state index in [1.807, 2.05) is 30.9 Å². The second kappa shape index (κ2) is 5.55. The monoisotopic (exact) mass is 296 g/mol. The lowest BCUT2D eigenvalue weighted by Crippen LogP contribution is -2.47. The number of amides is 1. The Morgan fingerprint density at radius 2 is 1.95 bits per heavy atom. The van der Waals surface area contributed by atoms with Crippen LogP contribution in [0, 0.1) is 0 Å². The summed E-state index contributed by atoms with van der Waals surface area (Å²) in [5.41, 5.74) is 1.00. The maximum Gasteiger partial charge on any atom is 0.227 e. The lowest BCUT2D eigenvalue weighted by molar-refractivity contribution is -0.135. The molecule has 0 aromatic carbocycles. The lowest BCUT2D eigenvalue weighted by Gasteiger charge is -2.39. The first-order chi connectivity index (χ1) is 10.8.